The first-order valence-corrected chi connectivity index (χ1v) is 8.95. The molecule has 4 rings (SSSR count). The molecule has 0 radical (unpaired) electrons. The molecule has 24 heavy (non-hydrogen) atoms. The van der Waals surface area contributed by atoms with Crippen molar-refractivity contribution in [2.75, 3.05) is 24.6 Å². The Hall–Kier alpha value is -1.91. The quantitative estimate of drug-likeness (QED) is 0.888. The first kappa shape index (κ1) is 15.6. The predicted molar refractivity (Wildman–Crippen MR) is 96.1 cm³/mol. The number of aromatic nitrogens is 1. The summed E-state index contributed by atoms with van der Waals surface area (Å²) in [5.74, 6) is 1.08. The second kappa shape index (κ2) is 6.54. The van der Waals surface area contributed by atoms with Crippen LogP contribution in [-0.4, -0.2) is 29.8 Å². The van der Waals surface area contributed by atoms with Gasteiger partial charge in [-0.2, -0.15) is 0 Å². The van der Waals surface area contributed by atoms with Crippen LogP contribution < -0.4 is 10.2 Å². The minimum atomic E-state index is -0.315. The maximum Gasteiger partial charge on any atom is 0.128 e. The second-order valence-corrected chi connectivity index (χ2v) is 6.97. The number of anilines is 1. The molecule has 4 nitrogen and oxygen atoms in total. The maximum absolute atomic E-state index is 10.0. The molecule has 2 aromatic rings. The summed E-state index contributed by atoms with van der Waals surface area (Å²) in [5.41, 5.74) is 3.44. The van der Waals surface area contributed by atoms with Crippen LogP contribution >= 0.6 is 0 Å². The number of nitrogens with one attached hydrogen (secondary N) is 1. The van der Waals surface area contributed by atoms with E-state index in [-0.39, 0.29) is 12.1 Å². The van der Waals surface area contributed by atoms with Gasteiger partial charge in [-0.1, -0.05) is 30.3 Å². The molecule has 2 N–H and O–H groups in total. The van der Waals surface area contributed by atoms with E-state index in [0.29, 0.717) is 0 Å². The van der Waals surface area contributed by atoms with Crippen LogP contribution in [0.4, 0.5) is 5.82 Å². The van der Waals surface area contributed by atoms with Gasteiger partial charge in [0.1, 0.15) is 5.82 Å². The molecule has 1 aliphatic carbocycles. The highest BCUT2D eigenvalue weighted by molar-refractivity contribution is 5.41. The lowest BCUT2D eigenvalue weighted by molar-refractivity contribution is 0.159. The molecule has 1 unspecified atom stereocenters. The minimum Gasteiger partial charge on any atom is -0.394 e. The third kappa shape index (κ3) is 2.80. The fraction of sp³-hybridized carbons (Fsp3) is 0.450. The van der Waals surface area contributed by atoms with Crippen LogP contribution in [0.15, 0.2) is 42.6 Å². The van der Waals surface area contributed by atoms with Crippen molar-refractivity contribution in [3.8, 4) is 0 Å². The average molecular weight is 323 g/mol. The summed E-state index contributed by atoms with van der Waals surface area (Å²) in [6.45, 7) is 3.09. The van der Waals surface area contributed by atoms with E-state index in [0.717, 1.165) is 43.9 Å². The summed E-state index contributed by atoms with van der Waals surface area (Å²) >= 11 is 0. The Morgan fingerprint density at radius 1 is 1.12 bits per heavy atom. The Kier molecular flexibility index (Phi) is 4.25. The van der Waals surface area contributed by atoms with Crippen molar-refractivity contribution >= 4 is 5.82 Å². The lowest BCUT2D eigenvalue weighted by Crippen LogP contribution is -2.43. The van der Waals surface area contributed by atoms with Gasteiger partial charge in [0.25, 0.3) is 0 Å². The summed E-state index contributed by atoms with van der Waals surface area (Å²) in [5, 5.41) is 13.6. The van der Waals surface area contributed by atoms with Crippen LogP contribution in [0.25, 0.3) is 0 Å². The number of fused-ring (bicyclic) bond motifs is 1. The van der Waals surface area contributed by atoms with Gasteiger partial charge in [-0.15, -0.1) is 0 Å². The average Bonchev–Trinajstić information content (AvgIpc) is 3.29. The fourth-order valence-electron chi connectivity index (χ4n) is 4.02. The highest BCUT2D eigenvalue weighted by atomic mass is 16.3. The van der Waals surface area contributed by atoms with E-state index in [2.05, 4.69) is 51.6 Å². The number of rotatable bonds is 5. The number of hydrogen-bond donors (Lipinski definition) is 2. The summed E-state index contributed by atoms with van der Waals surface area (Å²) in [4.78, 5) is 6.97. The van der Waals surface area contributed by atoms with Gasteiger partial charge in [-0.3, -0.25) is 0 Å². The molecule has 0 saturated carbocycles. The number of hydrogen-bond acceptors (Lipinski definition) is 4. The number of aliphatic hydroxyl groups excluding tert-OH is 1. The van der Waals surface area contributed by atoms with E-state index >= 15 is 0 Å². The predicted octanol–water partition coefficient (Wildman–Crippen LogP) is 2.61. The molecular weight excluding hydrogens is 298 g/mol. The highest BCUT2D eigenvalue weighted by Gasteiger charge is 2.37. The smallest absolute Gasteiger partial charge is 0.128 e. The molecule has 1 aromatic heterocycles. The zero-order chi connectivity index (χ0) is 16.4. The Labute approximate surface area is 143 Å². The summed E-state index contributed by atoms with van der Waals surface area (Å²) in [6.07, 6.45) is 6.47. The van der Waals surface area contributed by atoms with Gasteiger partial charge in [0.15, 0.2) is 0 Å². The van der Waals surface area contributed by atoms with Crippen LogP contribution in [0, 0.1) is 0 Å². The van der Waals surface area contributed by atoms with Gasteiger partial charge in [0.2, 0.25) is 0 Å². The number of aliphatic hydroxyl groups is 1. The molecule has 2 aliphatic rings. The molecule has 1 saturated heterocycles. The van der Waals surface area contributed by atoms with E-state index in [1.165, 1.54) is 24.0 Å². The molecule has 4 heteroatoms. The van der Waals surface area contributed by atoms with Crippen LogP contribution in [-0.2, 0) is 18.5 Å². The first-order valence-electron chi connectivity index (χ1n) is 8.95. The van der Waals surface area contributed by atoms with Crippen molar-refractivity contribution in [2.45, 2.75) is 37.8 Å². The monoisotopic (exact) mass is 323 g/mol. The SMILES string of the molecule is OCC1(NCc2ccc(N3CCCC3)nc2)CCc2ccccc21. The molecule has 0 bridgehead atoms. The van der Waals surface area contributed by atoms with Crippen molar-refractivity contribution in [3.05, 3.63) is 59.3 Å². The van der Waals surface area contributed by atoms with Crippen molar-refractivity contribution in [1.29, 1.82) is 0 Å². The van der Waals surface area contributed by atoms with Crippen LogP contribution in [0.5, 0.6) is 0 Å². The Morgan fingerprint density at radius 2 is 1.96 bits per heavy atom. The standard InChI is InChI=1S/C20H25N3O/c24-15-20(10-9-17-5-1-2-6-18(17)20)22-14-16-7-8-19(21-13-16)23-11-3-4-12-23/h1-2,5-8,13,22,24H,3-4,9-12,14-15H2. The van der Waals surface area contributed by atoms with Gasteiger partial charge >= 0.3 is 0 Å². The highest BCUT2D eigenvalue weighted by Crippen LogP contribution is 2.36. The fourth-order valence-corrected chi connectivity index (χ4v) is 4.02. The minimum absolute atomic E-state index is 0.128. The number of nitrogens with zero attached hydrogens (tertiary/aromatic N) is 2. The Bertz CT molecular complexity index is 694. The van der Waals surface area contributed by atoms with Gasteiger partial charge in [0.05, 0.1) is 12.1 Å². The van der Waals surface area contributed by atoms with E-state index in [1.54, 1.807) is 0 Å². The molecule has 1 aliphatic heterocycles. The molecule has 0 spiro atoms. The normalized spacial score (nSPS) is 22.8. The third-order valence-corrected chi connectivity index (χ3v) is 5.49. The number of pyridine rings is 1. The van der Waals surface area contributed by atoms with Gasteiger partial charge in [-0.05, 0) is 48.4 Å². The van der Waals surface area contributed by atoms with Crippen LogP contribution in [0.1, 0.15) is 36.0 Å². The van der Waals surface area contributed by atoms with E-state index in [1.807, 2.05) is 6.20 Å². The molecule has 1 atom stereocenters. The largest absolute Gasteiger partial charge is 0.394 e. The van der Waals surface area contributed by atoms with E-state index < -0.39 is 0 Å². The summed E-state index contributed by atoms with van der Waals surface area (Å²) < 4.78 is 0. The maximum atomic E-state index is 10.0. The molecule has 126 valence electrons. The molecule has 1 aromatic carbocycles. The first-order chi connectivity index (χ1) is 11.8. The Morgan fingerprint density at radius 3 is 2.71 bits per heavy atom. The van der Waals surface area contributed by atoms with Gasteiger partial charge in [-0.25, -0.2) is 4.98 Å². The number of benzene rings is 1. The molecular formula is C20H25N3O. The van der Waals surface area contributed by atoms with Crippen LogP contribution in [0.3, 0.4) is 0 Å². The summed E-state index contributed by atoms with van der Waals surface area (Å²) in [7, 11) is 0. The van der Waals surface area contributed by atoms with Gasteiger partial charge < -0.3 is 15.3 Å². The van der Waals surface area contributed by atoms with Crippen molar-refractivity contribution < 1.29 is 5.11 Å². The van der Waals surface area contributed by atoms with Crippen molar-refractivity contribution in [1.82, 2.24) is 10.3 Å². The third-order valence-electron chi connectivity index (χ3n) is 5.49. The van der Waals surface area contributed by atoms with E-state index in [4.69, 9.17) is 0 Å². The zero-order valence-electron chi connectivity index (χ0n) is 14.0. The van der Waals surface area contributed by atoms with Crippen molar-refractivity contribution in [2.24, 2.45) is 0 Å². The van der Waals surface area contributed by atoms with E-state index in [9.17, 15) is 5.11 Å². The summed E-state index contributed by atoms with van der Waals surface area (Å²) in [6, 6.07) is 12.7. The second-order valence-electron chi connectivity index (χ2n) is 6.97. The molecule has 1 fully saturated rings. The Balaban J connectivity index is 1.46. The number of aryl methyl sites for hydroxylation is 1. The van der Waals surface area contributed by atoms with Crippen molar-refractivity contribution in [3.63, 3.8) is 0 Å². The van der Waals surface area contributed by atoms with Crippen LogP contribution in [0.2, 0.25) is 0 Å². The topological polar surface area (TPSA) is 48.4 Å². The molecule has 0 amide bonds. The lowest BCUT2D eigenvalue weighted by Gasteiger charge is -2.30. The lowest BCUT2D eigenvalue weighted by atomic mass is 9.92. The zero-order valence-corrected chi connectivity index (χ0v) is 14.0. The molecule has 2 heterocycles. The van der Waals surface area contributed by atoms with Gasteiger partial charge in [0, 0.05) is 25.8 Å².